The Morgan fingerprint density at radius 1 is 1.36 bits per heavy atom. The molecule has 3 nitrogen and oxygen atoms in total. The molecule has 0 bridgehead atoms. The molecule has 0 fully saturated rings. The third-order valence-electron chi connectivity index (χ3n) is 1.79. The minimum Gasteiger partial charge on any atom is -0.393 e. The lowest BCUT2D eigenvalue weighted by molar-refractivity contribution is -0.0888. The molecule has 4 heteroatoms. The summed E-state index contributed by atoms with van der Waals surface area (Å²) in [6.45, 7) is -0.0579. The highest BCUT2D eigenvalue weighted by atomic mass is 19.1. The second kappa shape index (κ2) is 5.70. The molecule has 0 aliphatic heterocycles. The van der Waals surface area contributed by atoms with Crippen LogP contribution in [0.3, 0.4) is 0 Å². The molecule has 1 rings (SSSR count). The highest BCUT2D eigenvalue weighted by molar-refractivity contribution is 5.18. The Morgan fingerprint density at radius 3 is 2.50 bits per heavy atom. The van der Waals surface area contributed by atoms with Gasteiger partial charge in [-0.2, -0.15) is 0 Å². The van der Waals surface area contributed by atoms with Crippen molar-refractivity contribution in [2.45, 2.75) is 6.10 Å². The summed E-state index contributed by atoms with van der Waals surface area (Å²) in [6.07, 6.45) is -0.462. The van der Waals surface area contributed by atoms with E-state index in [2.05, 4.69) is 0 Å². The summed E-state index contributed by atoms with van der Waals surface area (Å²) in [7, 11) is 1.50. The summed E-state index contributed by atoms with van der Waals surface area (Å²) in [4.78, 5) is 0. The quantitative estimate of drug-likeness (QED) is 0.732. The predicted molar refractivity (Wildman–Crippen MR) is 49.2 cm³/mol. The Hall–Kier alpha value is -0.970. The standard InChI is InChI=1S/C10H13FO3/c1-13-7-14-10(6-12)8-2-4-9(11)5-3-8/h2-5,10,12H,6-7H2,1H3. The fourth-order valence-corrected chi connectivity index (χ4v) is 1.08. The summed E-state index contributed by atoms with van der Waals surface area (Å²) < 4.78 is 22.5. The van der Waals surface area contributed by atoms with Crippen molar-refractivity contribution >= 4 is 0 Å². The van der Waals surface area contributed by atoms with Gasteiger partial charge in [-0.1, -0.05) is 12.1 Å². The molecule has 0 amide bonds. The van der Waals surface area contributed by atoms with E-state index in [-0.39, 0.29) is 19.2 Å². The zero-order valence-corrected chi connectivity index (χ0v) is 7.94. The number of halogens is 1. The third-order valence-corrected chi connectivity index (χ3v) is 1.79. The van der Waals surface area contributed by atoms with Gasteiger partial charge in [0, 0.05) is 7.11 Å². The third kappa shape index (κ3) is 3.06. The molecule has 1 N–H and O–H groups in total. The lowest BCUT2D eigenvalue weighted by atomic mass is 10.1. The Labute approximate surface area is 82.1 Å². The van der Waals surface area contributed by atoms with Gasteiger partial charge in [0.15, 0.2) is 0 Å². The molecule has 0 saturated heterocycles. The number of hydrogen-bond acceptors (Lipinski definition) is 3. The zero-order valence-electron chi connectivity index (χ0n) is 7.94. The normalized spacial score (nSPS) is 12.8. The molecule has 1 unspecified atom stereocenters. The van der Waals surface area contributed by atoms with Gasteiger partial charge in [0.05, 0.1) is 6.61 Å². The SMILES string of the molecule is COCOC(CO)c1ccc(F)cc1. The Bertz CT molecular complexity index is 261. The van der Waals surface area contributed by atoms with E-state index in [1.165, 1.54) is 19.2 Å². The molecule has 0 aliphatic rings. The zero-order chi connectivity index (χ0) is 10.4. The molecular weight excluding hydrogens is 187 g/mol. The number of rotatable bonds is 5. The Balaban J connectivity index is 2.64. The van der Waals surface area contributed by atoms with E-state index >= 15 is 0 Å². The van der Waals surface area contributed by atoms with E-state index in [9.17, 15) is 4.39 Å². The fourth-order valence-electron chi connectivity index (χ4n) is 1.08. The van der Waals surface area contributed by atoms with Crippen molar-refractivity contribution in [1.29, 1.82) is 0 Å². The number of methoxy groups -OCH3 is 1. The number of hydrogen-bond donors (Lipinski definition) is 1. The van der Waals surface area contributed by atoms with Crippen LogP contribution in [0.15, 0.2) is 24.3 Å². The van der Waals surface area contributed by atoms with Crippen LogP contribution in [0.4, 0.5) is 4.39 Å². The van der Waals surface area contributed by atoms with Gasteiger partial charge in [0.25, 0.3) is 0 Å². The molecular formula is C10H13FO3. The van der Waals surface area contributed by atoms with Gasteiger partial charge in [-0.05, 0) is 17.7 Å². The topological polar surface area (TPSA) is 38.7 Å². The van der Waals surface area contributed by atoms with Gasteiger partial charge in [0.2, 0.25) is 0 Å². The van der Waals surface area contributed by atoms with Gasteiger partial charge in [-0.3, -0.25) is 0 Å². The Morgan fingerprint density at radius 2 is 2.00 bits per heavy atom. The van der Waals surface area contributed by atoms with Crippen LogP contribution in [0.5, 0.6) is 0 Å². The van der Waals surface area contributed by atoms with Crippen LogP contribution < -0.4 is 0 Å². The minimum atomic E-state index is -0.462. The van der Waals surface area contributed by atoms with Crippen molar-refractivity contribution < 1.29 is 19.0 Å². The summed E-state index contributed by atoms with van der Waals surface area (Å²) >= 11 is 0. The number of aliphatic hydroxyl groups is 1. The van der Waals surface area contributed by atoms with E-state index in [1.54, 1.807) is 12.1 Å². The first kappa shape index (κ1) is 11.1. The molecule has 0 radical (unpaired) electrons. The van der Waals surface area contributed by atoms with Crippen molar-refractivity contribution in [3.63, 3.8) is 0 Å². The van der Waals surface area contributed by atoms with Crippen LogP contribution in [0.2, 0.25) is 0 Å². The van der Waals surface area contributed by atoms with Crippen LogP contribution in [-0.2, 0) is 9.47 Å². The van der Waals surface area contributed by atoms with E-state index in [1.807, 2.05) is 0 Å². The van der Waals surface area contributed by atoms with Crippen LogP contribution in [0.25, 0.3) is 0 Å². The molecule has 78 valence electrons. The molecule has 1 aromatic rings. The van der Waals surface area contributed by atoms with Gasteiger partial charge >= 0.3 is 0 Å². The molecule has 0 saturated carbocycles. The molecule has 1 aromatic carbocycles. The van der Waals surface area contributed by atoms with Gasteiger partial charge in [0.1, 0.15) is 18.7 Å². The average Bonchev–Trinajstić information content (AvgIpc) is 2.21. The molecule has 14 heavy (non-hydrogen) atoms. The van der Waals surface area contributed by atoms with E-state index in [0.29, 0.717) is 0 Å². The first-order valence-electron chi connectivity index (χ1n) is 4.24. The van der Waals surface area contributed by atoms with Crippen molar-refractivity contribution in [2.75, 3.05) is 20.5 Å². The largest absolute Gasteiger partial charge is 0.393 e. The summed E-state index contributed by atoms with van der Waals surface area (Å²) in [5.41, 5.74) is 0.728. The first-order valence-corrected chi connectivity index (χ1v) is 4.24. The maximum absolute atomic E-state index is 12.6. The molecule has 0 spiro atoms. The molecule has 0 aliphatic carbocycles. The van der Waals surface area contributed by atoms with E-state index in [4.69, 9.17) is 14.6 Å². The second-order valence-electron chi connectivity index (χ2n) is 2.80. The fraction of sp³-hybridized carbons (Fsp3) is 0.400. The number of benzene rings is 1. The maximum atomic E-state index is 12.6. The monoisotopic (exact) mass is 200 g/mol. The van der Waals surface area contributed by atoms with Crippen LogP contribution in [0, 0.1) is 5.82 Å². The van der Waals surface area contributed by atoms with Crippen LogP contribution >= 0.6 is 0 Å². The summed E-state index contributed by atoms with van der Waals surface area (Å²) in [5.74, 6) is -0.308. The minimum absolute atomic E-state index is 0.0998. The lowest BCUT2D eigenvalue weighted by Gasteiger charge is -2.14. The second-order valence-corrected chi connectivity index (χ2v) is 2.80. The van der Waals surface area contributed by atoms with Crippen LogP contribution in [0.1, 0.15) is 11.7 Å². The number of aliphatic hydroxyl groups excluding tert-OH is 1. The van der Waals surface area contributed by atoms with E-state index in [0.717, 1.165) is 5.56 Å². The lowest BCUT2D eigenvalue weighted by Crippen LogP contribution is -2.10. The summed E-state index contributed by atoms with van der Waals surface area (Å²) in [6, 6.07) is 5.81. The molecule has 1 atom stereocenters. The van der Waals surface area contributed by atoms with Gasteiger partial charge in [-0.25, -0.2) is 4.39 Å². The first-order chi connectivity index (χ1) is 6.77. The highest BCUT2D eigenvalue weighted by Crippen LogP contribution is 2.16. The van der Waals surface area contributed by atoms with E-state index < -0.39 is 6.10 Å². The van der Waals surface area contributed by atoms with Gasteiger partial charge < -0.3 is 14.6 Å². The summed E-state index contributed by atoms with van der Waals surface area (Å²) in [5, 5.41) is 9.00. The highest BCUT2D eigenvalue weighted by Gasteiger charge is 2.10. The molecule has 0 aromatic heterocycles. The van der Waals surface area contributed by atoms with Crippen molar-refractivity contribution in [3.05, 3.63) is 35.6 Å². The average molecular weight is 200 g/mol. The van der Waals surface area contributed by atoms with Crippen molar-refractivity contribution in [2.24, 2.45) is 0 Å². The van der Waals surface area contributed by atoms with Gasteiger partial charge in [-0.15, -0.1) is 0 Å². The smallest absolute Gasteiger partial charge is 0.147 e. The van der Waals surface area contributed by atoms with Crippen LogP contribution in [-0.4, -0.2) is 25.6 Å². The Kier molecular flexibility index (Phi) is 4.52. The van der Waals surface area contributed by atoms with Crippen molar-refractivity contribution in [3.8, 4) is 0 Å². The number of ether oxygens (including phenoxy) is 2. The predicted octanol–water partition coefficient (Wildman–Crippen LogP) is 1.48. The van der Waals surface area contributed by atoms with Crippen molar-refractivity contribution in [1.82, 2.24) is 0 Å². The maximum Gasteiger partial charge on any atom is 0.147 e. The molecule has 0 heterocycles.